The zero-order chi connectivity index (χ0) is 21.7. The van der Waals surface area contributed by atoms with E-state index in [-0.39, 0.29) is 17.8 Å². The molecule has 3 aliphatic heterocycles. The van der Waals surface area contributed by atoms with Gasteiger partial charge in [0.2, 0.25) is 6.79 Å². The average molecular weight is 432 g/mol. The van der Waals surface area contributed by atoms with Gasteiger partial charge < -0.3 is 14.2 Å². The fraction of sp³-hybridized carbons (Fsp3) is 0.375. The molecule has 0 aliphatic carbocycles. The van der Waals surface area contributed by atoms with E-state index in [2.05, 4.69) is 27.2 Å². The highest BCUT2D eigenvalue weighted by Crippen LogP contribution is 2.41. The molecule has 1 unspecified atom stereocenters. The molecule has 0 saturated carbocycles. The van der Waals surface area contributed by atoms with Crippen molar-refractivity contribution in [1.82, 2.24) is 19.7 Å². The first kappa shape index (κ1) is 19.3. The van der Waals surface area contributed by atoms with E-state index in [1.165, 1.54) is 5.56 Å². The van der Waals surface area contributed by atoms with Crippen molar-refractivity contribution >= 4 is 0 Å². The van der Waals surface area contributed by atoms with Crippen LogP contribution in [0.1, 0.15) is 24.2 Å². The number of ether oxygens (including phenoxy) is 3. The normalized spacial score (nSPS) is 21.3. The Balaban J connectivity index is 1.24. The van der Waals surface area contributed by atoms with Crippen LogP contribution in [0.15, 0.2) is 47.3 Å². The van der Waals surface area contributed by atoms with Gasteiger partial charge in [-0.1, -0.05) is 6.07 Å². The summed E-state index contributed by atoms with van der Waals surface area (Å²) in [6, 6.07) is 13.5. The smallest absolute Gasteiger partial charge is 0.280 e. The van der Waals surface area contributed by atoms with Crippen LogP contribution in [0.5, 0.6) is 17.2 Å². The van der Waals surface area contributed by atoms with Crippen LogP contribution < -0.4 is 19.8 Å². The Morgan fingerprint density at radius 3 is 2.69 bits per heavy atom. The number of benzene rings is 2. The van der Waals surface area contributed by atoms with Gasteiger partial charge in [-0.05, 0) is 61.3 Å². The molecule has 1 saturated heterocycles. The summed E-state index contributed by atoms with van der Waals surface area (Å²) in [6.45, 7) is 3.64. The van der Waals surface area contributed by atoms with Crippen molar-refractivity contribution in [1.29, 1.82) is 0 Å². The molecular formula is C24H24N4O4. The van der Waals surface area contributed by atoms with Crippen LogP contribution in [-0.2, 0) is 18.5 Å². The number of aromatic nitrogens is 3. The molecule has 0 radical (unpaired) electrons. The van der Waals surface area contributed by atoms with E-state index in [0.717, 1.165) is 61.1 Å². The summed E-state index contributed by atoms with van der Waals surface area (Å²) < 4.78 is 18.0. The maximum atomic E-state index is 13.2. The molecule has 8 heteroatoms. The number of hydrogen-bond donors (Lipinski definition) is 0. The summed E-state index contributed by atoms with van der Waals surface area (Å²) in [7, 11) is 1.62. The maximum Gasteiger partial charge on any atom is 0.280 e. The van der Waals surface area contributed by atoms with Gasteiger partial charge in [0.1, 0.15) is 11.6 Å². The first-order valence-corrected chi connectivity index (χ1v) is 10.9. The van der Waals surface area contributed by atoms with Gasteiger partial charge in [0.15, 0.2) is 17.2 Å². The SMILES string of the molecule is COc1ccc(-c2nnc3n(c2=O)CCC32CCN(Cc3ccc4c(c3)OCO4)C2)cc1. The zero-order valence-electron chi connectivity index (χ0n) is 17.9. The minimum atomic E-state index is -0.110. The number of hydrogen-bond acceptors (Lipinski definition) is 7. The van der Waals surface area contributed by atoms with Crippen molar-refractivity contribution in [3.8, 4) is 28.5 Å². The number of nitrogens with zero attached hydrogens (tertiary/aromatic N) is 4. The third-order valence-corrected chi connectivity index (χ3v) is 6.88. The van der Waals surface area contributed by atoms with Crippen LogP contribution in [-0.4, -0.2) is 46.7 Å². The van der Waals surface area contributed by atoms with Gasteiger partial charge in [0.25, 0.3) is 5.56 Å². The predicted octanol–water partition coefficient (Wildman–Crippen LogP) is 2.59. The monoisotopic (exact) mass is 432 g/mol. The lowest BCUT2D eigenvalue weighted by atomic mass is 9.85. The summed E-state index contributed by atoms with van der Waals surface area (Å²) >= 11 is 0. The van der Waals surface area contributed by atoms with E-state index >= 15 is 0 Å². The van der Waals surface area contributed by atoms with Crippen LogP contribution in [0.3, 0.4) is 0 Å². The lowest BCUT2D eigenvalue weighted by Gasteiger charge is -2.23. The Morgan fingerprint density at radius 1 is 1.03 bits per heavy atom. The molecule has 32 heavy (non-hydrogen) atoms. The fourth-order valence-corrected chi connectivity index (χ4v) is 5.16. The molecule has 1 aromatic heterocycles. The fourth-order valence-electron chi connectivity index (χ4n) is 5.16. The second-order valence-electron chi connectivity index (χ2n) is 8.74. The molecule has 0 bridgehead atoms. The molecule has 8 nitrogen and oxygen atoms in total. The van der Waals surface area contributed by atoms with E-state index < -0.39 is 0 Å². The molecule has 164 valence electrons. The van der Waals surface area contributed by atoms with E-state index in [1.54, 1.807) is 7.11 Å². The summed E-state index contributed by atoms with van der Waals surface area (Å²) in [5.41, 5.74) is 2.17. The molecule has 3 aromatic rings. The van der Waals surface area contributed by atoms with Gasteiger partial charge >= 0.3 is 0 Å². The van der Waals surface area contributed by atoms with E-state index in [4.69, 9.17) is 14.2 Å². The second kappa shape index (κ2) is 7.34. The van der Waals surface area contributed by atoms with Crippen molar-refractivity contribution in [2.24, 2.45) is 0 Å². The minimum absolute atomic E-state index is 0.0636. The molecule has 0 amide bonds. The van der Waals surface area contributed by atoms with Crippen LogP contribution >= 0.6 is 0 Å². The van der Waals surface area contributed by atoms with Crippen molar-refractivity contribution in [2.75, 3.05) is 27.0 Å². The van der Waals surface area contributed by atoms with Crippen LogP contribution in [0.4, 0.5) is 0 Å². The van der Waals surface area contributed by atoms with Gasteiger partial charge in [-0.25, -0.2) is 0 Å². The molecule has 1 fully saturated rings. The third-order valence-electron chi connectivity index (χ3n) is 6.88. The molecule has 3 aliphatic rings. The molecule has 4 heterocycles. The minimum Gasteiger partial charge on any atom is -0.497 e. The summed E-state index contributed by atoms with van der Waals surface area (Å²) in [5, 5.41) is 8.95. The van der Waals surface area contributed by atoms with E-state index in [0.29, 0.717) is 12.2 Å². The van der Waals surface area contributed by atoms with Gasteiger partial charge in [-0.15, -0.1) is 10.2 Å². The van der Waals surface area contributed by atoms with Gasteiger partial charge in [0.05, 0.1) is 7.11 Å². The number of rotatable bonds is 4. The largest absolute Gasteiger partial charge is 0.497 e. The standard InChI is InChI=1S/C24H24N4O4/c1-30-18-5-3-17(4-6-18)21-22(29)28-11-9-24(23(28)26-25-21)8-10-27(14-24)13-16-2-7-19-20(12-16)32-15-31-19/h2-7,12H,8-11,13-15H2,1H3. The number of fused-ring (bicyclic) bond motifs is 3. The average Bonchev–Trinajstić information content (AvgIpc) is 3.54. The Hall–Kier alpha value is -3.39. The molecule has 2 aromatic carbocycles. The van der Waals surface area contributed by atoms with Crippen LogP contribution in [0.25, 0.3) is 11.3 Å². The highest BCUT2D eigenvalue weighted by Gasteiger charge is 2.47. The highest BCUT2D eigenvalue weighted by molar-refractivity contribution is 5.58. The molecule has 1 atom stereocenters. The highest BCUT2D eigenvalue weighted by atomic mass is 16.7. The second-order valence-corrected chi connectivity index (χ2v) is 8.74. The zero-order valence-corrected chi connectivity index (χ0v) is 17.9. The Bertz CT molecular complexity index is 1240. The van der Waals surface area contributed by atoms with Crippen LogP contribution in [0.2, 0.25) is 0 Å². The van der Waals surface area contributed by atoms with Gasteiger partial charge in [0, 0.05) is 30.6 Å². The van der Waals surface area contributed by atoms with Gasteiger partial charge in [-0.3, -0.25) is 14.3 Å². The lowest BCUT2D eigenvalue weighted by molar-refractivity contribution is 0.174. The van der Waals surface area contributed by atoms with Crippen molar-refractivity contribution in [3.05, 3.63) is 64.2 Å². The molecule has 1 spiro atoms. The topological polar surface area (TPSA) is 78.7 Å². The Labute approximate surface area is 185 Å². The van der Waals surface area contributed by atoms with Crippen LogP contribution in [0, 0.1) is 0 Å². The van der Waals surface area contributed by atoms with Crippen molar-refractivity contribution < 1.29 is 14.2 Å². The summed E-state index contributed by atoms with van der Waals surface area (Å²) in [4.78, 5) is 15.7. The van der Waals surface area contributed by atoms with E-state index in [9.17, 15) is 4.79 Å². The number of methoxy groups -OCH3 is 1. The number of likely N-dealkylation sites (tertiary alicyclic amines) is 1. The Morgan fingerprint density at radius 2 is 1.84 bits per heavy atom. The molecular weight excluding hydrogens is 408 g/mol. The third kappa shape index (κ3) is 3.05. The van der Waals surface area contributed by atoms with E-state index in [1.807, 2.05) is 34.9 Å². The quantitative estimate of drug-likeness (QED) is 0.627. The molecule has 6 rings (SSSR count). The van der Waals surface area contributed by atoms with Crippen molar-refractivity contribution in [2.45, 2.75) is 31.3 Å². The maximum absolute atomic E-state index is 13.2. The van der Waals surface area contributed by atoms with Crippen molar-refractivity contribution in [3.63, 3.8) is 0 Å². The summed E-state index contributed by atoms with van der Waals surface area (Å²) in [6.07, 6.45) is 1.90. The summed E-state index contributed by atoms with van der Waals surface area (Å²) in [5.74, 6) is 3.19. The van der Waals surface area contributed by atoms with Gasteiger partial charge in [-0.2, -0.15) is 0 Å². The first-order chi connectivity index (χ1) is 15.6. The lowest BCUT2D eigenvalue weighted by Crippen LogP contribution is -2.33. The molecule has 0 N–H and O–H groups in total. The Kier molecular flexibility index (Phi) is 4.43. The first-order valence-electron chi connectivity index (χ1n) is 10.9. The predicted molar refractivity (Wildman–Crippen MR) is 117 cm³/mol.